The summed E-state index contributed by atoms with van der Waals surface area (Å²) in [4.78, 5) is 14.5. The van der Waals surface area contributed by atoms with Crippen molar-refractivity contribution in [3.8, 4) is 0 Å². The van der Waals surface area contributed by atoms with Crippen molar-refractivity contribution in [2.24, 2.45) is 5.92 Å². The lowest BCUT2D eigenvalue weighted by atomic mass is 10.1. The summed E-state index contributed by atoms with van der Waals surface area (Å²) in [6.07, 6.45) is 0. The summed E-state index contributed by atoms with van der Waals surface area (Å²) in [5.41, 5.74) is 3.17. The van der Waals surface area contributed by atoms with Gasteiger partial charge in [-0.15, -0.1) is 0 Å². The van der Waals surface area contributed by atoms with E-state index >= 15 is 0 Å². The van der Waals surface area contributed by atoms with Gasteiger partial charge in [0.25, 0.3) is 5.91 Å². The van der Waals surface area contributed by atoms with Crippen molar-refractivity contribution in [2.75, 3.05) is 37.6 Å². The normalized spacial score (nSPS) is 15.5. The van der Waals surface area contributed by atoms with E-state index in [1.165, 1.54) is 11.3 Å². The molecule has 4 nitrogen and oxygen atoms in total. The molecule has 0 aliphatic carbocycles. The number of carbonyl (C=O) groups excluding carboxylic acids is 1. The summed E-state index contributed by atoms with van der Waals surface area (Å²) in [5.74, 6) is 0.493. The van der Waals surface area contributed by atoms with Crippen molar-refractivity contribution in [3.05, 3.63) is 29.3 Å². The highest BCUT2D eigenvalue weighted by atomic mass is 16.1. The molecule has 20 heavy (non-hydrogen) atoms. The van der Waals surface area contributed by atoms with Crippen LogP contribution in [0, 0.1) is 12.8 Å². The van der Waals surface area contributed by atoms with Gasteiger partial charge in [-0.1, -0.05) is 19.9 Å². The smallest absolute Gasteiger partial charge is 0.251 e. The van der Waals surface area contributed by atoms with Gasteiger partial charge >= 0.3 is 0 Å². The van der Waals surface area contributed by atoms with Crippen LogP contribution in [0.25, 0.3) is 0 Å². The first-order valence-electron chi connectivity index (χ1n) is 7.42. The molecular weight excluding hydrogens is 250 g/mol. The second-order valence-corrected chi connectivity index (χ2v) is 5.84. The van der Waals surface area contributed by atoms with E-state index in [4.69, 9.17) is 0 Å². The van der Waals surface area contributed by atoms with Crippen molar-refractivity contribution in [3.63, 3.8) is 0 Å². The number of nitrogens with one attached hydrogen (secondary N) is 2. The fourth-order valence-electron chi connectivity index (χ4n) is 2.40. The molecule has 2 rings (SSSR count). The van der Waals surface area contributed by atoms with Crippen LogP contribution >= 0.6 is 0 Å². The average molecular weight is 275 g/mol. The molecule has 0 aromatic heterocycles. The molecule has 0 saturated carbocycles. The van der Waals surface area contributed by atoms with Crippen LogP contribution in [-0.4, -0.2) is 38.6 Å². The number of nitrogens with zero attached hydrogens (tertiary/aromatic N) is 1. The predicted molar refractivity (Wildman–Crippen MR) is 83.4 cm³/mol. The highest BCUT2D eigenvalue weighted by molar-refractivity contribution is 5.95. The first kappa shape index (κ1) is 14.9. The van der Waals surface area contributed by atoms with Crippen LogP contribution in [0.5, 0.6) is 0 Å². The molecule has 0 unspecified atom stereocenters. The second-order valence-electron chi connectivity index (χ2n) is 5.84. The van der Waals surface area contributed by atoms with Crippen molar-refractivity contribution in [1.29, 1.82) is 0 Å². The highest BCUT2D eigenvalue weighted by Gasteiger charge is 2.15. The molecule has 1 fully saturated rings. The maximum Gasteiger partial charge on any atom is 0.251 e. The largest absolute Gasteiger partial charge is 0.369 e. The van der Waals surface area contributed by atoms with Crippen molar-refractivity contribution < 1.29 is 4.79 Å². The number of carbonyl (C=O) groups is 1. The Bertz CT molecular complexity index is 465. The van der Waals surface area contributed by atoms with Gasteiger partial charge in [0.15, 0.2) is 0 Å². The maximum absolute atomic E-state index is 12.2. The van der Waals surface area contributed by atoms with Crippen LogP contribution in [0.4, 0.5) is 5.69 Å². The van der Waals surface area contributed by atoms with Gasteiger partial charge in [-0.25, -0.2) is 0 Å². The minimum atomic E-state index is 0.0232. The molecule has 1 aliphatic heterocycles. The first-order valence-corrected chi connectivity index (χ1v) is 7.42. The Balaban J connectivity index is 2.13. The Kier molecular flexibility index (Phi) is 5.01. The number of benzene rings is 1. The topological polar surface area (TPSA) is 44.4 Å². The van der Waals surface area contributed by atoms with Gasteiger partial charge in [0.2, 0.25) is 0 Å². The minimum Gasteiger partial charge on any atom is -0.369 e. The lowest BCUT2D eigenvalue weighted by Gasteiger charge is -2.31. The fraction of sp³-hybridized carbons (Fsp3) is 0.562. The molecule has 1 aromatic rings. The van der Waals surface area contributed by atoms with E-state index in [-0.39, 0.29) is 5.91 Å². The van der Waals surface area contributed by atoms with Gasteiger partial charge in [-0.3, -0.25) is 4.79 Å². The lowest BCUT2D eigenvalue weighted by Crippen LogP contribution is -2.43. The molecule has 0 atom stereocenters. The number of hydrogen-bond acceptors (Lipinski definition) is 3. The molecular formula is C16H25N3O. The van der Waals surface area contributed by atoms with Gasteiger partial charge in [0.1, 0.15) is 0 Å². The minimum absolute atomic E-state index is 0.0232. The van der Waals surface area contributed by atoms with Gasteiger partial charge < -0.3 is 15.5 Å². The number of aryl methyl sites for hydroxylation is 1. The molecule has 1 saturated heterocycles. The summed E-state index contributed by atoms with van der Waals surface area (Å²) in [6.45, 7) is 11.0. The van der Waals surface area contributed by atoms with Crippen molar-refractivity contribution in [2.45, 2.75) is 20.8 Å². The molecule has 1 heterocycles. The van der Waals surface area contributed by atoms with Crippen LogP contribution in [0.1, 0.15) is 29.8 Å². The zero-order chi connectivity index (χ0) is 14.5. The Labute approximate surface area is 121 Å². The van der Waals surface area contributed by atoms with E-state index in [2.05, 4.69) is 36.3 Å². The van der Waals surface area contributed by atoms with Gasteiger partial charge in [0, 0.05) is 44.0 Å². The number of piperazine rings is 1. The van der Waals surface area contributed by atoms with Crippen molar-refractivity contribution in [1.82, 2.24) is 10.6 Å². The number of amides is 1. The standard InChI is InChI=1S/C16H25N3O/c1-12(2)11-18-16(20)14-5-4-13(3)15(10-14)19-8-6-17-7-9-19/h4-5,10,12,17H,6-9,11H2,1-3H3,(H,18,20). The Morgan fingerprint density at radius 3 is 2.70 bits per heavy atom. The summed E-state index contributed by atoms with van der Waals surface area (Å²) in [5, 5.41) is 6.33. The van der Waals surface area contributed by atoms with Crippen LogP contribution < -0.4 is 15.5 Å². The molecule has 0 radical (unpaired) electrons. The number of hydrogen-bond donors (Lipinski definition) is 2. The molecule has 0 bridgehead atoms. The molecule has 110 valence electrons. The highest BCUT2D eigenvalue weighted by Crippen LogP contribution is 2.22. The number of anilines is 1. The maximum atomic E-state index is 12.2. The molecule has 1 aliphatic rings. The van der Waals surface area contributed by atoms with Crippen LogP contribution in [0.15, 0.2) is 18.2 Å². The Morgan fingerprint density at radius 1 is 1.35 bits per heavy atom. The van der Waals surface area contributed by atoms with E-state index in [1.807, 2.05) is 18.2 Å². The van der Waals surface area contributed by atoms with E-state index in [9.17, 15) is 4.79 Å². The summed E-state index contributed by atoms with van der Waals surface area (Å²) in [6, 6.07) is 5.98. The van der Waals surface area contributed by atoms with Crippen LogP contribution in [-0.2, 0) is 0 Å². The molecule has 1 amide bonds. The van der Waals surface area contributed by atoms with Gasteiger partial charge in [-0.05, 0) is 30.5 Å². The average Bonchev–Trinajstić information content (AvgIpc) is 2.46. The van der Waals surface area contributed by atoms with Gasteiger partial charge in [-0.2, -0.15) is 0 Å². The fourth-order valence-corrected chi connectivity index (χ4v) is 2.40. The summed E-state index contributed by atoms with van der Waals surface area (Å²) < 4.78 is 0. The predicted octanol–water partition coefficient (Wildman–Crippen LogP) is 1.79. The zero-order valence-electron chi connectivity index (χ0n) is 12.7. The molecule has 1 aromatic carbocycles. The van der Waals surface area contributed by atoms with Gasteiger partial charge in [0.05, 0.1) is 0 Å². The third-order valence-electron chi connectivity index (χ3n) is 3.60. The molecule has 4 heteroatoms. The third kappa shape index (κ3) is 3.73. The molecule has 2 N–H and O–H groups in total. The third-order valence-corrected chi connectivity index (χ3v) is 3.60. The Morgan fingerprint density at radius 2 is 2.05 bits per heavy atom. The summed E-state index contributed by atoms with van der Waals surface area (Å²) in [7, 11) is 0. The van der Waals surface area contributed by atoms with E-state index < -0.39 is 0 Å². The first-order chi connectivity index (χ1) is 9.58. The van der Waals surface area contributed by atoms with E-state index in [1.54, 1.807) is 0 Å². The van der Waals surface area contributed by atoms with E-state index in [0.29, 0.717) is 5.92 Å². The Hall–Kier alpha value is -1.55. The zero-order valence-corrected chi connectivity index (χ0v) is 12.7. The lowest BCUT2D eigenvalue weighted by molar-refractivity contribution is 0.0949. The summed E-state index contributed by atoms with van der Waals surface area (Å²) >= 11 is 0. The van der Waals surface area contributed by atoms with Crippen LogP contribution in [0.3, 0.4) is 0 Å². The monoisotopic (exact) mass is 275 g/mol. The van der Waals surface area contributed by atoms with E-state index in [0.717, 1.165) is 38.3 Å². The van der Waals surface area contributed by atoms with Crippen LogP contribution in [0.2, 0.25) is 0 Å². The quantitative estimate of drug-likeness (QED) is 0.880. The second kappa shape index (κ2) is 6.75. The molecule has 0 spiro atoms. The number of rotatable bonds is 4. The SMILES string of the molecule is Cc1ccc(C(=O)NCC(C)C)cc1N1CCNCC1. The van der Waals surface area contributed by atoms with Crippen molar-refractivity contribution >= 4 is 11.6 Å².